The van der Waals surface area contributed by atoms with E-state index in [4.69, 9.17) is 8.85 Å². The van der Waals surface area contributed by atoms with Crippen LogP contribution in [0.2, 0.25) is 0 Å². The molecule has 4 nitrogen and oxygen atoms in total. The number of hydrogen-bond acceptors (Lipinski definition) is 4. The number of nitrogens with zero attached hydrogens (tertiary/aromatic N) is 2. The maximum absolute atomic E-state index is 5.96. The minimum atomic E-state index is -2.46. The lowest BCUT2D eigenvalue weighted by atomic mass is 10.2. The van der Waals surface area contributed by atoms with E-state index in [0.29, 0.717) is 0 Å². The normalized spacial score (nSPS) is 17.9. The molecule has 0 N–H and O–H groups in total. The van der Waals surface area contributed by atoms with Gasteiger partial charge >= 0.3 is 8.56 Å². The Labute approximate surface area is 129 Å². The first-order chi connectivity index (χ1) is 10.1. The first-order valence-corrected chi connectivity index (χ1v) is 9.40. The van der Waals surface area contributed by atoms with Gasteiger partial charge in [-0.15, -0.1) is 0 Å². The van der Waals surface area contributed by atoms with Gasteiger partial charge in [-0.25, -0.2) is 0 Å². The lowest BCUT2D eigenvalue weighted by molar-refractivity contribution is 0.149. The van der Waals surface area contributed by atoms with E-state index in [1.54, 1.807) is 14.2 Å². The van der Waals surface area contributed by atoms with Gasteiger partial charge in [-0.1, -0.05) is 36.9 Å². The van der Waals surface area contributed by atoms with E-state index >= 15 is 0 Å². The number of likely N-dealkylation sites (N-methyl/N-ethyl adjacent to an activating group) is 1. The number of piperazine rings is 1. The Kier molecular flexibility index (Phi) is 5.72. The number of benzene rings is 1. The highest BCUT2D eigenvalue weighted by Gasteiger charge is 2.41. The van der Waals surface area contributed by atoms with Crippen LogP contribution < -0.4 is 5.19 Å². The third kappa shape index (κ3) is 3.62. The molecule has 0 spiro atoms. The van der Waals surface area contributed by atoms with E-state index in [1.807, 2.05) is 18.2 Å². The fourth-order valence-electron chi connectivity index (χ4n) is 2.84. The molecule has 1 fully saturated rings. The zero-order valence-corrected chi connectivity index (χ0v) is 14.3. The van der Waals surface area contributed by atoms with Crippen molar-refractivity contribution in [2.24, 2.45) is 0 Å². The number of rotatable bonds is 6. The van der Waals surface area contributed by atoms with E-state index < -0.39 is 8.56 Å². The van der Waals surface area contributed by atoms with E-state index in [0.717, 1.165) is 37.9 Å². The Bertz CT molecular complexity index is 469. The lowest BCUT2D eigenvalue weighted by Crippen LogP contribution is -2.63. The van der Waals surface area contributed by atoms with Crippen LogP contribution in [0.4, 0.5) is 0 Å². The Hall–Kier alpha value is -0.983. The summed E-state index contributed by atoms with van der Waals surface area (Å²) in [5, 5.41) is 1.17. The molecule has 116 valence electrons. The molecular weight excluding hydrogens is 280 g/mol. The molecule has 0 atom stereocenters. The van der Waals surface area contributed by atoms with Crippen molar-refractivity contribution in [2.45, 2.75) is 0 Å². The SMILES string of the molecule is C=Cc1ccccc1[Si](CN1CCN(C)CC1)(OC)OC. The Morgan fingerprint density at radius 3 is 2.33 bits per heavy atom. The molecule has 1 aromatic carbocycles. The monoisotopic (exact) mass is 306 g/mol. The molecule has 1 aromatic rings. The van der Waals surface area contributed by atoms with Gasteiger partial charge in [0.15, 0.2) is 0 Å². The van der Waals surface area contributed by atoms with Gasteiger partial charge in [-0.3, -0.25) is 4.90 Å². The second kappa shape index (κ2) is 7.33. The molecular formula is C16H26N2O2Si. The van der Waals surface area contributed by atoms with Gasteiger partial charge in [-0.05, 0) is 12.6 Å². The van der Waals surface area contributed by atoms with Crippen LogP contribution in [0.25, 0.3) is 6.08 Å². The predicted molar refractivity (Wildman–Crippen MR) is 89.9 cm³/mol. The van der Waals surface area contributed by atoms with Crippen molar-refractivity contribution in [3.63, 3.8) is 0 Å². The first kappa shape index (κ1) is 16.4. The topological polar surface area (TPSA) is 24.9 Å². The zero-order chi connectivity index (χ0) is 15.3. The Morgan fingerprint density at radius 2 is 1.76 bits per heavy atom. The summed E-state index contributed by atoms with van der Waals surface area (Å²) in [5.41, 5.74) is 1.11. The molecule has 0 amide bonds. The summed E-state index contributed by atoms with van der Waals surface area (Å²) >= 11 is 0. The maximum atomic E-state index is 5.96. The van der Waals surface area contributed by atoms with E-state index in [1.165, 1.54) is 5.19 Å². The molecule has 1 aliphatic rings. The van der Waals surface area contributed by atoms with Crippen LogP contribution in [-0.2, 0) is 8.85 Å². The summed E-state index contributed by atoms with van der Waals surface area (Å²) in [6.07, 6.45) is 2.75. The van der Waals surface area contributed by atoms with E-state index in [-0.39, 0.29) is 0 Å². The molecule has 2 rings (SSSR count). The first-order valence-electron chi connectivity index (χ1n) is 7.38. The predicted octanol–water partition coefficient (Wildman–Crippen LogP) is 1.06. The van der Waals surface area contributed by atoms with Crippen LogP contribution in [-0.4, -0.2) is 72.0 Å². The van der Waals surface area contributed by atoms with Crippen LogP contribution in [0.1, 0.15) is 5.56 Å². The van der Waals surface area contributed by atoms with E-state index in [2.05, 4.69) is 35.6 Å². The Morgan fingerprint density at radius 1 is 1.14 bits per heavy atom. The van der Waals surface area contributed by atoms with Gasteiger partial charge in [-0.2, -0.15) is 0 Å². The molecule has 1 saturated heterocycles. The van der Waals surface area contributed by atoms with Gasteiger partial charge in [0, 0.05) is 51.8 Å². The van der Waals surface area contributed by atoms with Gasteiger partial charge in [0.1, 0.15) is 0 Å². The second-order valence-corrected chi connectivity index (χ2v) is 8.71. The second-order valence-electron chi connectivity index (χ2n) is 5.53. The van der Waals surface area contributed by atoms with Gasteiger partial charge in [0.05, 0.1) is 0 Å². The van der Waals surface area contributed by atoms with Crippen molar-refractivity contribution < 1.29 is 8.85 Å². The summed E-state index contributed by atoms with van der Waals surface area (Å²) in [4.78, 5) is 4.82. The van der Waals surface area contributed by atoms with Crippen LogP contribution in [0, 0.1) is 0 Å². The molecule has 0 bridgehead atoms. The smallest absolute Gasteiger partial charge is 0.387 e. The molecule has 0 aliphatic carbocycles. The highest BCUT2D eigenvalue weighted by molar-refractivity contribution is 6.81. The van der Waals surface area contributed by atoms with Crippen LogP contribution in [0.3, 0.4) is 0 Å². The Balaban J connectivity index is 2.25. The molecule has 0 unspecified atom stereocenters. The average molecular weight is 306 g/mol. The summed E-state index contributed by atoms with van der Waals surface area (Å²) < 4.78 is 11.9. The minimum absolute atomic E-state index is 0.860. The highest BCUT2D eigenvalue weighted by Crippen LogP contribution is 2.14. The van der Waals surface area contributed by atoms with Crippen molar-refractivity contribution in [3.8, 4) is 0 Å². The standard InChI is InChI=1S/C16H26N2O2Si/c1-5-15-8-6-7-9-16(15)21(19-3,20-4)14-18-12-10-17(2)11-13-18/h5-9H,1,10-14H2,2-4H3. The summed E-state index contributed by atoms with van der Waals surface area (Å²) in [5.74, 6) is 0. The van der Waals surface area contributed by atoms with Crippen molar-refractivity contribution in [2.75, 3.05) is 53.6 Å². The zero-order valence-electron chi connectivity index (χ0n) is 13.3. The molecule has 0 radical (unpaired) electrons. The largest absolute Gasteiger partial charge is 0.394 e. The molecule has 1 heterocycles. The fraction of sp³-hybridized carbons (Fsp3) is 0.500. The third-order valence-electron chi connectivity index (χ3n) is 4.28. The van der Waals surface area contributed by atoms with Crippen LogP contribution in [0.5, 0.6) is 0 Å². The fourth-order valence-corrected chi connectivity index (χ4v) is 5.76. The maximum Gasteiger partial charge on any atom is 0.387 e. The van der Waals surface area contributed by atoms with Gasteiger partial charge in [0.2, 0.25) is 0 Å². The summed E-state index contributed by atoms with van der Waals surface area (Å²) in [6.45, 7) is 8.25. The number of hydrogen-bond donors (Lipinski definition) is 0. The molecule has 0 saturated carbocycles. The molecule has 1 aliphatic heterocycles. The van der Waals surface area contributed by atoms with Crippen molar-refractivity contribution in [1.82, 2.24) is 9.80 Å². The molecule has 5 heteroatoms. The van der Waals surface area contributed by atoms with Crippen molar-refractivity contribution in [1.29, 1.82) is 0 Å². The average Bonchev–Trinajstić information content (AvgIpc) is 2.54. The van der Waals surface area contributed by atoms with Crippen LogP contribution >= 0.6 is 0 Å². The van der Waals surface area contributed by atoms with Gasteiger partial charge < -0.3 is 13.8 Å². The van der Waals surface area contributed by atoms with Crippen molar-refractivity contribution >= 4 is 19.8 Å². The molecule has 21 heavy (non-hydrogen) atoms. The molecule has 0 aromatic heterocycles. The highest BCUT2D eigenvalue weighted by atomic mass is 28.4. The van der Waals surface area contributed by atoms with Crippen molar-refractivity contribution in [3.05, 3.63) is 36.4 Å². The van der Waals surface area contributed by atoms with Gasteiger partial charge in [0.25, 0.3) is 0 Å². The van der Waals surface area contributed by atoms with E-state index in [9.17, 15) is 0 Å². The lowest BCUT2D eigenvalue weighted by Gasteiger charge is -2.38. The summed E-state index contributed by atoms with van der Waals surface area (Å²) in [7, 11) is 3.25. The van der Waals surface area contributed by atoms with Crippen LogP contribution in [0.15, 0.2) is 30.8 Å². The summed E-state index contributed by atoms with van der Waals surface area (Å²) in [6, 6.07) is 8.27. The quantitative estimate of drug-likeness (QED) is 0.734. The third-order valence-corrected chi connectivity index (χ3v) is 7.74. The minimum Gasteiger partial charge on any atom is -0.394 e.